The zero-order chi connectivity index (χ0) is 28.5. The number of benzene rings is 1. The Morgan fingerprint density at radius 2 is 1.50 bits per heavy atom. The number of halogens is 2. The van der Waals surface area contributed by atoms with Gasteiger partial charge >= 0.3 is 11.9 Å². The van der Waals surface area contributed by atoms with Gasteiger partial charge in [0.25, 0.3) is 0 Å². The second kappa shape index (κ2) is 11.3. The molecule has 1 N–H and O–H groups in total. The molecule has 0 amide bonds. The van der Waals surface area contributed by atoms with E-state index in [1.807, 2.05) is 43.9 Å². The maximum Gasteiger partial charge on any atom is 0.345 e. The number of allylic oxidation sites excluding steroid dienone is 2. The van der Waals surface area contributed by atoms with Gasteiger partial charge in [-0.25, -0.2) is 18.4 Å². The Balaban J connectivity index is 0.000000171. The molecule has 7 nitrogen and oxygen atoms in total. The van der Waals surface area contributed by atoms with Crippen molar-refractivity contribution in [2.45, 2.75) is 70.7 Å². The summed E-state index contributed by atoms with van der Waals surface area (Å²) in [6.45, 7) is 11.8. The number of ketones is 1. The van der Waals surface area contributed by atoms with E-state index < -0.39 is 61.2 Å². The van der Waals surface area contributed by atoms with Crippen LogP contribution in [0.3, 0.4) is 0 Å². The molecule has 1 aromatic rings. The van der Waals surface area contributed by atoms with Crippen molar-refractivity contribution in [2.75, 3.05) is 13.2 Å². The molecule has 0 aliphatic heterocycles. The number of ether oxygens (including phenoxy) is 2. The zero-order valence-corrected chi connectivity index (χ0v) is 23.8. The van der Waals surface area contributed by atoms with E-state index >= 15 is 0 Å². The second-order valence-electron chi connectivity index (χ2n) is 11.0. The molecule has 0 aromatic heterocycles. The van der Waals surface area contributed by atoms with Crippen LogP contribution in [0.25, 0.3) is 0 Å². The van der Waals surface area contributed by atoms with Crippen molar-refractivity contribution in [1.29, 1.82) is 0 Å². The number of Topliss-reactive ketones (excluding diaryl/α,β-unsaturated/α-hetero) is 1. The van der Waals surface area contributed by atoms with Gasteiger partial charge in [0.2, 0.25) is 19.7 Å². The van der Waals surface area contributed by atoms with Crippen molar-refractivity contribution in [2.24, 2.45) is 23.7 Å². The molecule has 5 rings (SSSR count). The number of aliphatic hydroxyl groups excluding tert-OH is 1. The summed E-state index contributed by atoms with van der Waals surface area (Å²) >= 11 is 0. The molecule has 7 atom stereocenters. The van der Waals surface area contributed by atoms with Crippen molar-refractivity contribution in [3.63, 3.8) is 0 Å². The maximum atomic E-state index is 14.4. The van der Waals surface area contributed by atoms with Crippen molar-refractivity contribution >= 4 is 26.0 Å². The molecule has 0 radical (unpaired) electrons. The van der Waals surface area contributed by atoms with Crippen LogP contribution in [-0.2, 0) is 28.3 Å². The summed E-state index contributed by atoms with van der Waals surface area (Å²) in [5.41, 5.74) is -2.64. The van der Waals surface area contributed by atoms with Crippen molar-refractivity contribution in [1.82, 2.24) is 0 Å². The second-order valence-corrected chi connectivity index (χ2v) is 15.4. The van der Waals surface area contributed by atoms with E-state index in [0.717, 1.165) is 0 Å². The lowest BCUT2D eigenvalue weighted by molar-refractivity contribution is -0.154. The number of hydrogen-bond donors (Lipinski definition) is 1. The smallest absolute Gasteiger partial charge is 0.345 e. The number of fused-ring (bicyclic) bond motifs is 2. The van der Waals surface area contributed by atoms with Gasteiger partial charge in [0.1, 0.15) is 6.10 Å². The molecule has 0 unspecified atom stereocenters. The first kappa shape index (κ1) is 30.0. The first-order valence-electron chi connectivity index (χ1n) is 13.1. The molecule has 4 aliphatic rings. The van der Waals surface area contributed by atoms with Gasteiger partial charge in [-0.05, 0) is 59.3 Å². The van der Waals surface area contributed by atoms with Gasteiger partial charge in [-0.3, -0.25) is 4.79 Å². The number of aliphatic hydroxyl groups is 1. The van der Waals surface area contributed by atoms with E-state index in [1.54, 1.807) is 13.8 Å². The van der Waals surface area contributed by atoms with Gasteiger partial charge in [0.15, 0.2) is 5.78 Å². The Kier molecular flexibility index (Phi) is 8.87. The van der Waals surface area contributed by atoms with Crippen molar-refractivity contribution in [3.05, 3.63) is 47.7 Å². The Labute approximate surface area is 223 Å². The first-order chi connectivity index (χ1) is 17.7. The highest BCUT2D eigenvalue weighted by Crippen LogP contribution is 2.64. The van der Waals surface area contributed by atoms with Crippen molar-refractivity contribution in [3.8, 4) is 0 Å². The van der Waals surface area contributed by atoms with Crippen LogP contribution in [0.4, 0.5) is 8.78 Å². The summed E-state index contributed by atoms with van der Waals surface area (Å²) in [6.07, 6.45) is 1.45. The SMILES string of the molecule is CCOC(=O)[C@@]1(F)[C@@H]2CC=C(O[Si](C)(C)C)[C@@H]21.CCOC(=O)[C@@]1(F)[C@@H]2C[C@@H](O)C(=O)[C@@H]21.Cc1ccccc1. The fourth-order valence-electron chi connectivity index (χ4n) is 5.24. The fourth-order valence-corrected chi connectivity index (χ4v) is 6.16. The monoisotopic (exact) mass is 552 g/mol. The van der Waals surface area contributed by atoms with Crippen LogP contribution in [0.15, 0.2) is 42.2 Å². The molecular weight excluding hydrogens is 514 g/mol. The van der Waals surface area contributed by atoms with Crippen LogP contribution in [0.2, 0.25) is 19.6 Å². The van der Waals surface area contributed by atoms with E-state index in [4.69, 9.17) is 14.3 Å². The minimum absolute atomic E-state index is 0.0405. The van der Waals surface area contributed by atoms with Crippen LogP contribution in [0, 0.1) is 30.6 Å². The lowest BCUT2D eigenvalue weighted by Gasteiger charge is -2.22. The third kappa shape index (κ3) is 5.86. The van der Waals surface area contributed by atoms with E-state index in [9.17, 15) is 23.2 Å². The minimum Gasteiger partial charge on any atom is -0.547 e. The predicted molar refractivity (Wildman–Crippen MR) is 139 cm³/mol. The van der Waals surface area contributed by atoms with Crippen LogP contribution in [-0.4, -0.2) is 61.8 Å². The van der Waals surface area contributed by atoms with Gasteiger partial charge in [-0.15, -0.1) is 0 Å². The van der Waals surface area contributed by atoms with Crippen molar-refractivity contribution < 1.29 is 42.2 Å². The van der Waals surface area contributed by atoms with Crippen LogP contribution >= 0.6 is 0 Å². The minimum atomic E-state index is -2.15. The average molecular weight is 553 g/mol. The quantitative estimate of drug-likeness (QED) is 0.411. The Bertz CT molecular complexity index is 1070. The van der Waals surface area contributed by atoms with E-state index in [-0.39, 0.29) is 25.6 Å². The number of aryl methyl sites for hydroxylation is 1. The third-order valence-electron chi connectivity index (χ3n) is 7.10. The normalized spacial score (nSPS) is 33.8. The van der Waals surface area contributed by atoms with E-state index in [1.165, 1.54) is 5.56 Å². The number of alkyl halides is 2. The summed E-state index contributed by atoms with van der Waals surface area (Å²) < 4.78 is 43.4. The third-order valence-corrected chi connectivity index (χ3v) is 7.95. The molecule has 4 aliphatic carbocycles. The summed E-state index contributed by atoms with van der Waals surface area (Å²) in [5, 5.41) is 9.07. The van der Waals surface area contributed by atoms with E-state index in [2.05, 4.69) is 23.8 Å². The number of hydrogen-bond acceptors (Lipinski definition) is 7. The molecule has 0 saturated heterocycles. The highest BCUT2D eigenvalue weighted by Gasteiger charge is 2.79. The molecule has 3 saturated carbocycles. The zero-order valence-electron chi connectivity index (χ0n) is 22.8. The van der Waals surface area contributed by atoms with Crippen LogP contribution < -0.4 is 0 Å². The maximum absolute atomic E-state index is 14.4. The first-order valence-corrected chi connectivity index (χ1v) is 16.5. The van der Waals surface area contributed by atoms with Gasteiger partial charge in [-0.2, -0.15) is 0 Å². The number of carbonyl (C=O) groups is 3. The lowest BCUT2D eigenvalue weighted by atomic mass is 10.1. The summed E-state index contributed by atoms with van der Waals surface area (Å²) in [5.74, 6) is -3.85. The van der Waals surface area contributed by atoms with E-state index in [0.29, 0.717) is 12.2 Å². The molecular formula is C28H38F2O7Si. The molecule has 210 valence electrons. The average Bonchev–Trinajstić information content (AvgIpc) is 3.47. The Morgan fingerprint density at radius 3 is 1.89 bits per heavy atom. The molecule has 38 heavy (non-hydrogen) atoms. The fraction of sp³-hybridized carbons (Fsp3) is 0.607. The Morgan fingerprint density at radius 1 is 0.974 bits per heavy atom. The molecule has 0 bridgehead atoms. The Hall–Kier alpha value is -2.59. The highest BCUT2D eigenvalue weighted by atomic mass is 28.4. The standard InChI is InChI=1S/C12H19FO3Si.C9H11FO4.C7H8/c1-5-15-11(14)12(13)8-6-7-9(10(8)12)16-17(2,3)4;1-2-14-8(13)9(10)4-3-5(11)7(12)6(4)9;1-7-5-3-2-4-6-7/h7-8,10H,5-6H2,1-4H3;4-6,11H,2-3H2,1H3;2-6H,1H3/t8-,10-,12-;4-,5-,6-,9-;/m11./s1. The van der Waals surface area contributed by atoms with Gasteiger partial charge in [0, 0.05) is 11.8 Å². The van der Waals surface area contributed by atoms with Gasteiger partial charge < -0.3 is 19.0 Å². The topological polar surface area (TPSA) is 99.1 Å². The molecule has 0 heterocycles. The molecule has 3 fully saturated rings. The number of esters is 2. The molecule has 0 spiro atoms. The van der Waals surface area contributed by atoms with Crippen LogP contribution in [0.5, 0.6) is 0 Å². The molecule has 1 aromatic carbocycles. The summed E-state index contributed by atoms with van der Waals surface area (Å²) in [4.78, 5) is 33.9. The largest absolute Gasteiger partial charge is 0.547 e. The van der Waals surface area contributed by atoms with Gasteiger partial charge in [-0.1, -0.05) is 35.9 Å². The van der Waals surface area contributed by atoms with Crippen LogP contribution in [0.1, 0.15) is 32.3 Å². The summed E-state index contributed by atoms with van der Waals surface area (Å²) in [6, 6.07) is 10.3. The summed E-state index contributed by atoms with van der Waals surface area (Å²) in [7, 11) is -1.74. The predicted octanol–water partition coefficient (Wildman–Crippen LogP) is 4.48. The van der Waals surface area contributed by atoms with Gasteiger partial charge in [0.05, 0.1) is 30.8 Å². The number of carbonyl (C=O) groups excluding carboxylic acids is 3. The highest BCUT2D eigenvalue weighted by molar-refractivity contribution is 6.70. The lowest BCUT2D eigenvalue weighted by Crippen LogP contribution is -2.32. The number of rotatable bonds is 6. The molecule has 10 heteroatoms.